The predicted octanol–water partition coefficient (Wildman–Crippen LogP) is 13.8. The van der Waals surface area contributed by atoms with Crippen molar-refractivity contribution >= 4 is 53.3 Å². The van der Waals surface area contributed by atoms with Crippen molar-refractivity contribution in [3.63, 3.8) is 0 Å². The summed E-state index contributed by atoms with van der Waals surface area (Å²) >= 11 is 1.87. The highest BCUT2D eigenvalue weighted by Gasteiger charge is 2.28. The molecule has 10 rings (SSSR count). The number of para-hydroxylation sites is 1. The number of hydrogen-bond donors (Lipinski definition) is 0. The van der Waals surface area contributed by atoms with Crippen LogP contribution in [-0.4, -0.2) is 4.57 Å². The summed E-state index contributed by atoms with van der Waals surface area (Å²) in [6.45, 7) is 0. The molecule has 0 aliphatic heterocycles. The maximum absolute atomic E-state index is 2.53. The van der Waals surface area contributed by atoms with Crippen molar-refractivity contribution in [1.29, 1.82) is 0 Å². The zero-order chi connectivity index (χ0) is 33.0. The Morgan fingerprint density at radius 2 is 0.800 bits per heavy atom. The molecule has 0 bridgehead atoms. The lowest BCUT2D eigenvalue weighted by Gasteiger charge is -2.24. The Morgan fingerprint density at radius 3 is 1.42 bits per heavy atom. The highest BCUT2D eigenvalue weighted by Crippen LogP contribution is 2.54. The first-order valence-corrected chi connectivity index (χ1v) is 17.9. The molecule has 50 heavy (non-hydrogen) atoms. The first-order chi connectivity index (χ1) is 24.8. The summed E-state index contributed by atoms with van der Waals surface area (Å²) in [7, 11) is 0. The van der Waals surface area contributed by atoms with Gasteiger partial charge >= 0.3 is 0 Å². The number of hydrogen-bond acceptors (Lipinski definition) is 1. The number of nitrogens with zero attached hydrogens (tertiary/aromatic N) is 1. The minimum atomic E-state index is 1.16. The van der Waals surface area contributed by atoms with Gasteiger partial charge in [0.2, 0.25) is 0 Å². The highest BCUT2D eigenvalue weighted by molar-refractivity contribution is 7.25. The molecule has 2 aromatic heterocycles. The Bertz CT molecular complexity index is 2830. The van der Waals surface area contributed by atoms with Crippen LogP contribution in [0.15, 0.2) is 188 Å². The molecule has 0 radical (unpaired) electrons. The molecule has 8 aromatic carbocycles. The Labute approximate surface area is 295 Å². The van der Waals surface area contributed by atoms with E-state index in [0.717, 1.165) is 5.69 Å². The van der Waals surface area contributed by atoms with Crippen LogP contribution >= 0.6 is 11.3 Å². The molecule has 0 fully saturated rings. The lowest BCUT2D eigenvalue weighted by molar-refractivity contribution is 1.19. The van der Waals surface area contributed by atoms with Gasteiger partial charge < -0.3 is 4.57 Å². The Hall–Kier alpha value is -6.22. The van der Waals surface area contributed by atoms with E-state index in [1.54, 1.807) is 0 Å². The van der Waals surface area contributed by atoms with Crippen LogP contribution < -0.4 is 0 Å². The molecule has 0 spiro atoms. The summed E-state index contributed by atoms with van der Waals surface area (Å²) < 4.78 is 5.14. The van der Waals surface area contributed by atoms with Crippen LogP contribution in [-0.2, 0) is 0 Å². The number of aromatic nitrogens is 1. The van der Waals surface area contributed by atoms with Crippen LogP contribution in [0, 0.1) is 0 Å². The Morgan fingerprint density at radius 1 is 0.340 bits per heavy atom. The standard InChI is InChI=1S/C48H31NS/c1-5-17-32(18-6-1)43-44(33-19-7-2-8-20-33)46(35-23-11-4-12-24-35)48-47(45(43)34-21-9-3-10-22-34)39-26-13-15-27-40(39)49(48)36-29-30-38-37-25-14-16-28-41(37)50-42(38)31-36/h1-31H. The van der Waals surface area contributed by atoms with E-state index in [-0.39, 0.29) is 0 Å². The number of rotatable bonds is 5. The van der Waals surface area contributed by atoms with Gasteiger partial charge in [-0.15, -0.1) is 11.3 Å². The van der Waals surface area contributed by atoms with Crippen LogP contribution in [0.1, 0.15) is 0 Å². The monoisotopic (exact) mass is 653 g/mol. The van der Waals surface area contributed by atoms with E-state index in [9.17, 15) is 0 Å². The predicted molar refractivity (Wildman–Crippen MR) is 215 cm³/mol. The quantitative estimate of drug-likeness (QED) is 0.174. The lowest BCUT2D eigenvalue weighted by atomic mass is 9.80. The van der Waals surface area contributed by atoms with Crippen molar-refractivity contribution in [3.05, 3.63) is 188 Å². The van der Waals surface area contributed by atoms with Gasteiger partial charge in [0, 0.05) is 53.3 Å². The van der Waals surface area contributed by atoms with E-state index < -0.39 is 0 Å². The number of benzene rings is 8. The van der Waals surface area contributed by atoms with Crippen LogP contribution in [0.5, 0.6) is 0 Å². The third-order valence-electron chi connectivity index (χ3n) is 9.98. The topological polar surface area (TPSA) is 4.93 Å². The van der Waals surface area contributed by atoms with Gasteiger partial charge in [0.15, 0.2) is 0 Å². The molecule has 1 nitrogen and oxygen atoms in total. The van der Waals surface area contributed by atoms with Crippen LogP contribution in [0.3, 0.4) is 0 Å². The van der Waals surface area contributed by atoms with Gasteiger partial charge in [0.1, 0.15) is 0 Å². The Balaban J connectivity index is 1.48. The van der Waals surface area contributed by atoms with Gasteiger partial charge in [0.05, 0.1) is 11.0 Å². The molecule has 0 saturated carbocycles. The first kappa shape index (κ1) is 28.8. The van der Waals surface area contributed by atoms with Crippen LogP contribution in [0.4, 0.5) is 0 Å². The molecule has 0 atom stereocenters. The normalized spacial score (nSPS) is 11.6. The summed E-state index contributed by atoms with van der Waals surface area (Å²) in [6, 6.07) is 68.7. The molecule has 0 N–H and O–H groups in total. The Kier molecular flexibility index (Phi) is 6.75. The smallest absolute Gasteiger partial charge is 0.0632 e. The summed E-state index contributed by atoms with van der Waals surface area (Å²) in [4.78, 5) is 0. The van der Waals surface area contributed by atoms with Crippen LogP contribution in [0.2, 0.25) is 0 Å². The number of fused-ring (bicyclic) bond motifs is 6. The minimum absolute atomic E-state index is 1.16. The van der Waals surface area contributed by atoms with Crippen LogP contribution in [0.25, 0.3) is 92.2 Å². The average Bonchev–Trinajstić information content (AvgIpc) is 3.74. The summed E-state index contributed by atoms with van der Waals surface area (Å²) in [5.74, 6) is 0. The average molecular weight is 654 g/mol. The summed E-state index contributed by atoms with van der Waals surface area (Å²) in [5, 5.41) is 5.13. The molecule has 0 unspecified atom stereocenters. The van der Waals surface area contributed by atoms with Crippen molar-refractivity contribution in [2.75, 3.05) is 0 Å². The molecule has 10 aromatic rings. The van der Waals surface area contributed by atoms with Gasteiger partial charge in [-0.1, -0.05) is 164 Å². The fourth-order valence-corrected chi connectivity index (χ4v) is 9.05. The molecule has 0 saturated heterocycles. The maximum Gasteiger partial charge on any atom is 0.0632 e. The van der Waals surface area contributed by atoms with E-state index in [4.69, 9.17) is 0 Å². The zero-order valence-electron chi connectivity index (χ0n) is 27.3. The SMILES string of the molecule is c1ccc(-c2c(-c3ccccc3)c(-c3ccccc3)c3c(c2-c2ccccc2)c2ccccc2n3-c2ccc3c(c2)sc2ccccc23)cc1. The second-order valence-electron chi connectivity index (χ2n) is 12.8. The fourth-order valence-electron chi connectivity index (χ4n) is 7.91. The molecule has 2 heterocycles. The molecule has 0 aliphatic rings. The van der Waals surface area contributed by atoms with Crippen molar-refractivity contribution in [2.45, 2.75) is 0 Å². The largest absolute Gasteiger partial charge is 0.309 e. The molecule has 234 valence electrons. The van der Waals surface area contributed by atoms with Gasteiger partial charge in [0.25, 0.3) is 0 Å². The van der Waals surface area contributed by atoms with E-state index >= 15 is 0 Å². The molecular weight excluding hydrogens is 623 g/mol. The van der Waals surface area contributed by atoms with Gasteiger partial charge in [-0.3, -0.25) is 0 Å². The highest BCUT2D eigenvalue weighted by atomic mass is 32.1. The summed E-state index contributed by atoms with van der Waals surface area (Å²) in [6.07, 6.45) is 0. The minimum Gasteiger partial charge on any atom is -0.309 e. The molecule has 0 aliphatic carbocycles. The second kappa shape index (κ2) is 11.7. The maximum atomic E-state index is 2.53. The third kappa shape index (κ3) is 4.46. The van der Waals surface area contributed by atoms with Gasteiger partial charge in [-0.2, -0.15) is 0 Å². The number of thiophene rings is 1. The second-order valence-corrected chi connectivity index (χ2v) is 13.9. The molecular formula is C48H31NS. The van der Waals surface area contributed by atoms with Gasteiger partial charge in [-0.05, 0) is 52.1 Å². The molecule has 0 amide bonds. The van der Waals surface area contributed by atoms with Gasteiger partial charge in [-0.25, -0.2) is 0 Å². The molecule has 2 heteroatoms. The first-order valence-electron chi connectivity index (χ1n) is 17.1. The van der Waals surface area contributed by atoms with E-state index in [1.807, 2.05) is 11.3 Å². The van der Waals surface area contributed by atoms with E-state index in [1.165, 1.54) is 86.5 Å². The van der Waals surface area contributed by atoms with E-state index in [2.05, 4.69) is 193 Å². The van der Waals surface area contributed by atoms with Crippen molar-refractivity contribution in [3.8, 4) is 50.2 Å². The van der Waals surface area contributed by atoms with Crippen molar-refractivity contribution in [2.24, 2.45) is 0 Å². The fraction of sp³-hybridized carbons (Fsp3) is 0. The van der Waals surface area contributed by atoms with Crippen molar-refractivity contribution < 1.29 is 0 Å². The van der Waals surface area contributed by atoms with Crippen molar-refractivity contribution in [1.82, 2.24) is 4.57 Å². The van der Waals surface area contributed by atoms with E-state index in [0.29, 0.717) is 0 Å². The zero-order valence-corrected chi connectivity index (χ0v) is 28.1. The third-order valence-corrected chi connectivity index (χ3v) is 11.1. The summed E-state index contributed by atoms with van der Waals surface area (Å²) in [5.41, 5.74) is 13.3. The lowest BCUT2D eigenvalue weighted by Crippen LogP contribution is -2.00.